The summed E-state index contributed by atoms with van der Waals surface area (Å²) in [5.41, 5.74) is 1.16. The first kappa shape index (κ1) is 11.5. The predicted molar refractivity (Wildman–Crippen MR) is 69.2 cm³/mol. The van der Waals surface area contributed by atoms with Crippen molar-refractivity contribution in [2.45, 2.75) is 13.5 Å². The molecule has 1 heterocycles. The van der Waals surface area contributed by atoms with Gasteiger partial charge in [0.1, 0.15) is 18.2 Å². The Morgan fingerprint density at radius 3 is 2.76 bits per heavy atom. The molecule has 0 fully saturated rings. The fourth-order valence-electron chi connectivity index (χ4n) is 1.52. The summed E-state index contributed by atoms with van der Waals surface area (Å²) in [6.07, 6.45) is 1.75. The van der Waals surface area contributed by atoms with Crippen LogP contribution < -0.4 is 10.1 Å². The highest BCUT2D eigenvalue weighted by atomic mass is 16.5. The molecule has 1 N–H and O–H groups in total. The molecule has 0 radical (unpaired) electrons. The SMILES string of the molecule is CCNc1cc(OCc2ccccc2)ccn1. The molecule has 3 nitrogen and oxygen atoms in total. The van der Waals surface area contributed by atoms with E-state index in [0.717, 1.165) is 23.7 Å². The van der Waals surface area contributed by atoms with Crippen molar-refractivity contribution in [3.05, 3.63) is 54.2 Å². The van der Waals surface area contributed by atoms with Crippen LogP contribution in [0.15, 0.2) is 48.7 Å². The van der Waals surface area contributed by atoms with E-state index in [-0.39, 0.29) is 0 Å². The van der Waals surface area contributed by atoms with Crippen molar-refractivity contribution in [1.29, 1.82) is 0 Å². The van der Waals surface area contributed by atoms with Gasteiger partial charge in [-0.1, -0.05) is 30.3 Å². The molecule has 0 amide bonds. The van der Waals surface area contributed by atoms with Crippen LogP contribution in [0.4, 0.5) is 5.82 Å². The summed E-state index contributed by atoms with van der Waals surface area (Å²) in [7, 11) is 0. The maximum atomic E-state index is 5.70. The van der Waals surface area contributed by atoms with Crippen LogP contribution in [0.3, 0.4) is 0 Å². The Kier molecular flexibility index (Phi) is 3.97. The second-order valence-corrected chi connectivity index (χ2v) is 3.68. The Morgan fingerprint density at radius 2 is 2.00 bits per heavy atom. The normalized spacial score (nSPS) is 9.94. The Bertz CT molecular complexity index is 457. The molecule has 0 spiro atoms. The number of nitrogens with one attached hydrogen (secondary N) is 1. The van der Waals surface area contributed by atoms with Crippen LogP contribution in [-0.4, -0.2) is 11.5 Å². The lowest BCUT2D eigenvalue weighted by Crippen LogP contribution is -2.00. The zero-order chi connectivity index (χ0) is 11.9. The van der Waals surface area contributed by atoms with Gasteiger partial charge in [0.2, 0.25) is 0 Å². The van der Waals surface area contributed by atoms with Gasteiger partial charge in [0.15, 0.2) is 0 Å². The zero-order valence-electron chi connectivity index (χ0n) is 9.89. The van der Waals surface area contributed by atoms with E-state index in [0.29, 0.717) is 6.61 Å². The largest absolute Gasteiger partial charge is 0.489 e. The third kappa shape index (κ3) is 3.48. The Labute approximate surface area is 101 Å². The molecule has 0 atom stereocenters. The number of pyridine rings is 1. The van der Waals surface area contributed by atoms with Crippen LogP contribution in [0.5, 0.6) is 5.75 Å². The van der Waals surface area contributed by atoms with E-state index in [9.17, 15) is 0 Å². The first-order chi connectivity index (χ1) is 8.38. The fraction of sp³-hybridized carbons (Fsp3) is 0.214. The van der Waals surface area contributed by atoms with Crippen molar-refractivity contribution in [3.8, 4) is 5.75 Å². The second kappa shape index (κ2) is 5.89. The third-order valence-electron chi connectivity index (χ3n) is 2.34. The van der Waals surface area contributed by atoms with Crippen LogP contribution in [0.1, 0.15) is 12.5 Å². The summed E-state index contributed by atoms with van der Waals surface area (Å²) in [4.78, 5) is 4.19. The van der Waals surface area contributed by atoms with Gasteiger partial charge in [0.05, 0.1) is 0 Å². The first-order valence-corrected chi connectivity index (χ1v) is 5.75. The molecule has 0 bridgehead atoms. The average Bonchev–Trinajstić information content (AvgIpc) is 2.39. The number of benzene rings is 1. The molecule has 1 aromatic heterocycles. The van der Waals surface area contributed by atoms with E-state index in [1.165, 1.54) is 0 Å². The number of ether oxygens (including phenoxy) is 1. The highest BCUT2D eigenvalue weighted by molar-refractivity contribution is 5.40. The van der Waals surface area contributed by atoms with Crippen LogP contribution in [0.25, 0.3) is 0 Å². The van der Waals surface area contributed by atoms with Gasteiger partial charge < -0.3 is 10.1 Å². The number of hydrogen-bond donors (Lipinski definition) is 1. The van der Waals surface area contributed by atoms with E-state index >= 15 is 0 Å². The van der Waals surface area contributed by atoms with E-state index in [1.807, 2.05) is 49.4 Å². The first-order valence-electron chi connectivity index (χ1n) is 5.75. The van der Waals surface area contributed by atoms with Gasteiger partial charge >= 0.3 is 0 Å². The van der Waals surface area contributed by atoms with Gasteiger partial charge in [-0.2, -0.15) is 0 Å². The lowest BCUT2D eigenvalue weighted by molar-refractivity contribution is 0.306. The molecule has 2 aromatic rings. The molecule has 0 saturated carbocycles. The van der Waals surface area contributed by atoms with E-state index in [4.69, 9.17) is 4.74 Å². The molecule has 0 aliphatic heterocycles. The Balaban J connectivity index is 1.97. The predicted octanol–water partition coefficient (Wildman–Crippen LogP) is 3.09. The summed E-state index contributed by atoms with van der Waals surface area (Å²) in [6.45, 7) is 3.48. The van der Waals surface area contributed by atoms with Crippen molar-refractivity contribution in [2.24, 2.45) is 0 Å². The molecule has 0 unspecified atom stereocenters. The molecular weight excluding hydrogens is 212 g/mol. The van der Waals surface area contributed by atoms with Crippen LogP contribution in [0, 0.1) is 0 Å². The lowest BCUT2D eigenvalue weighted by Gasteiger charge is -2.08. The molecule has 3 heteroatoms. The Morgan fingerprint density at radius 1 is 1.18 bits per heavy atom. The lowest BCUT2D eigenvalue weighted by atomic mass is 10.2. The zero-order valence-corrected chi connectivity index (χ0v) is 9.89. The second-order valence-electron chi connectivity index (χ2n) is 3.68. The number of rotatable bonds is 5. The number of aromatic nitrogens is 1. The monoisotopic (exact) mass is 228 g/mol. The van der Waals surface area contributed by atoms with Gasteiger partial charge in [0, 0.05) is 18.8 Å². The van der Waals surface area contributed by atoms with E-state index < -0.39 is 0 Å². The highest BCUT2D eigenvalue weighted by Gasteiger charge is 1.97. The molecule has 0 saturated heterocycles. The minimum atomic E-state index is 0.580. The highest BCUT2D eigenvalue weighted by Crippen LogP contribution is 2.15. The standard InChI is InChI=1S/C14H16N2O/c1-2-15-14-10-13(8-9-16-14)17-11-12-6-4-3-5-7-12/h3-10H,2,11H2,1H3,(H,15,16). The van der Waals surface area contributed by atoms with Crippen LogP contribution in [-0.2, 0) is 6.61 Å². The van der Waals surface area contributed by atoms with Gasteiger partial charge in [-0.05, 0) is 18.6 Å². The number of anilines is 1. The number of hydrogen-bond acceptors (Lipinski definition) is 3. The molecule has 2 rings (SSSR count). The summed E-state index contributed by atoms with van der Waals surface area (Å²) in [6, 6.07) is 13.9. The molecule has 17 heavy (non-hydrogen) atoms. The van der Waals surface area contributed by atoms with Gasteiger partial charge in [-0.25, -0.2) is 4.98 Å². The van der Waals surface area contributed by atoms with Crippen LogP contribution >= 0.6 is 0 Å². The topological polar surface area (TPSA) is 34.1 Å². The van der Waals surface area contributed by atoms with Crippen molar-refractivity contribution < 1.29 is 4.74 Å². The molecule has 1 aromatic carbocycles. The Hall–Kier alpha value is -2.03. The van der Waals surface area contributed by atoms with Crippen LogP contribution in [0.2, 0.25) is 0 Å². The smallest absolute Gasteiger partial charge is 0.129 e. The summed E-state index contributed by atoms with van der Waals surface area (Å²) < 4.78 is 5.70. The minimum absolute atomic E-state index is 0.580. The molecule has 0 aliphatic carbocycles. The van der Waals surface area contributed by atoms with Crippen molar-refractivity contribution in [2.75, 3.05) is 11.9 Å². The summed E-state index contributed by atoms with van der Waals surface area (Å²) in [5.74, 6) is 1.68. The maximum absolute atomic E-state index is 5.70. The van der Waals surface area contributed by atoms with E-state index in [1.54, 1.807) is 6.20 Å². The van der Waals surface area contributed by atoms with Crippen molar-refractivity contribution in [1.82, 2.24) is 4.98 Å². The quantitative estimate of drug-likeness (QED) is 0.853. The minimum Gasteiger partial charge on any atom is -0.489 e. The maximum Gasteiger partial charge on any atom is 0.129 e. The fourth-order valence-corrected chi connectivity index (χ4v) is 1.52. The van der Waals surface area contributed by atoms with Gasteiger partial charge in [-0.3, -0.25) is 0 Å². The molecule has 88 valence electrons. The number of nitrogens with zero attached hydrogens (tertiary/aromatic N) is 1. The summed E-state index contributed by atoms with van der Waals surface area (Å²) in [5, 5.41) is 3.15. The van der Waals surface area contributed by atoms with Crippen molar-refractivity contribution in [3.63, 3.8) is 0 Å². The third-order valence-corrected chi connectivity index (χ3v) is 2.34. The van der Waals surface area contributed by atoms with Gasteiger partial charge in [-0.15, -0.1) is 0 Å². The molecule has 0 aliphatic rings. The molecular formula is C14H16N2O. The summed E-state index contributed by atoms with van der Waals surface area (Å²) >= 11 is 0. The van der Waals surface area contributed by atoms with Gasteiger partial charge in [0.25, 0.3) is 0 Å². The average molecular weight is 228 g/mol. The van der Waals surface area contributed by atoms with E-state index in [2.05, 4.69) is 10.3 Å². The van der Waals surface area contributed by atoms with Crippen molar-refractivity contribution >= 4 is 5.82 Å².